The second-order valence-electron chi connectivity index (χ2n) is 2.98. The molecule has 0 bridgehead atoms. The number of aryl methyl sites for hydroxylation is 1. The Morgan fingerprint density at radius 3 is 2.92 bits per heavy atom. The monoisotopic (exact) mass is 239 g/mol. The molecule has 0 spiro atoms. The zero-order valence-corrected chi connectivity index (χ0v) is 8.89. The van der Waals surface area contributed by atoms with Crippen molar-refractivity contribution in [2.75, 3.05) is 0 Å². The minimum atomic E-state index is 0.523. The summed E-state index contributed by atoms with van der Waals surface area (Å²) in [6.07, 6.45) is 0. The van der Waals surface area contributed by atoms with E-state index in [9.17, 15) is 0 Å². The standard InChI is InChI=1S/C10H10BrNO/c1-6-9(5-12)8-4-7(11)2-3-10(8)13-6/h2-4H,5,12H2,1H3. The number of rotatable bonds is 1. The van der Waals surface area contributed by atoms with Crippen LogP contribution in [0.2, 0.25) is 0 Å². The topological polar surface area (TPSA) is 39.2 Å². The van der Waals surface area contributed by atoms with Crippen LogP contribution in [-0.2, 0) is 6.54 Å². The van der Waals surface area contributed by atoms with Crippen LogP contribution >= 0.6 is 15.9 Å². The predicted molar refractivity (Wildman–Crippen MR) is 56.5 cm³/mol. The molecule has 3 heteroatoms. The van der Waals surface area contributed by atoms with E-state index < -0.39 is 0 Å². The predicted octanol–water partition coefficient (Wildman–Crippen LogP) is 2.96. The van der Waals surface area contributed by atoms with Crippen molar-refractivity contribution in [3.8, 4) is 0 Å². The van der Waals surface area contributed by atoms with Crippen LogP contribution in [-0.4, -0.2) is 0 Å². The van der Waals surface area contributed by atoms with Crippen LogP contribution < -0.4 is 5.73 Å². The lowest BCUT2D eigenvalue weighted by Gasteiger charge is -1.93. The molecule has 0 aliphatic rings. The van der Waals surface area contributed by atoms with E-state index in [2.05, 4.69) is 15.9 Å². The first-order chi connectivity index (χ1) is 6.22. The van der Waals surface area contributed by atoms with Crippen LogP contribution in [0.4, 0.5) is 0 Å². The number of furan rings is 1. The van der Waals surface area contributed by atoms with Crippen molar-refractivity contribution in [3.05, 3.63) is 34.0 Å². The Balaban J connectivity index is 2.80. The second kappa shape index (κ2) is 3.16. The zero-order valence-electron chi connectivity index (χ0n) is 7.30. The van der Waals surface area contributed by atoms with E-state index >= 15 is 0 Å². The molecular weight excluding hydrogens is 230 g/mol. The first kappa shape index (κ1) is 8.78. The van der Waals surface area contributed by atoms with E-state index in [-0.39, 0.29) is 0 Å². The first-order valence-electron chi connectivity index (χ1n) is 4.10. The third-order valence-corrected chi connectivity index (χ3v) is 2.65. The summed E-state index contributed by atoms with van der Waals surface area (Å²) in [5.74, 6) is 0.913. The maximum atomic E-state index is 5.64. The van der Waals surface area contributed by atoms with Crippen LogP contribution in [0.5, 0.6) is 0 Å². The Kier molecular flexibility index (Phi) is 2.14. The molecule has 1 aromatic heterocycles. The molecule has 0 aliphatic carbocycles. The molecule has 0 saturated heterocycles. The molecule has 2 nitrogen and oxygen atoms in total. The van der Waals surface area contributed by atoms with Gasteiger partial charge in [0.1, 0.15) is 11.3 Å². The second-order valence-corrected chi connectivity index (χ2v) is 3.90. The Morgan fingerprint density at radius 2 is 2.23 bits per heavy atom. The fourth-order valence-corrected chi connectivity index (χ4v) is 1.86. The molecule has 2 rings (SSSR count). The highest BCUT2D eigenvalue weighted by Crippen LogP contribution is 2.27. The van der Waals surface area contributed by atoms with Crippen molar-refractivity contribution in [1.82, 2.24) is 0 Å². The summed E-state index contributed by atoms with van der Waals surface area (Å²) in [4.78, 5) is 0. The van der Waals surface area contributed by atoms with E-state index in [4.69, 9.17) is 10.2 Å². The van der Waals surface area contributed by atoms with Gasteiger partial charge in [0.15, 0.2) is 0 Å². The van der Waals surface area contributed by atoms with Gasteiger partial charge < -0.3 is 10.2 Å². The lowest BCUT2D eigenvalue weighted by Crippen LogP contribution is -1.96. The van der Waals surface area contributed by atoms with Gasteiger partial charge in [-0.2, -0.15) is 0 Å². The van der Waals surface area contributed by atoms with Crippen LogP contribution in [0, 0.1) is 6.92 Å². The van der Waals surface area contributed by atoms with Gasteiger partial charge in [-0.05, 0) is 25.1 Å². The molecule has 0 unspecified atom stereocenters. The molecule has 2 aromatic rings. The van der Waals surface area contributed by atoms with Gasteiger partial charge >= 0.3 is 0 Å². The van der Waals surface area contributed by atoms with Gasteiger partial charge in [0.25, 0.3) is 0 Å². The number of benzene rings is 1. The molecule has 0 amide bonds. The smallest absolute Gasteiger partial charge is 0.134 e. The fraction of sp³-hybridized carbons (Fsp3) is 0.200. The number of hydrogen-bond donors (Lipinski definition) is 1. The average Bonchev–Trinajstić information content (AvgIpc) is 2.40. The lowest BCUT2D eigenvalue weighted by atomic mass is 10.1. The summed E-state index contributed by atoms with van der Waals surface area (Å²) in [6, 6.07) is 5.95. The quantitative estimate of drug-likeness (QED) is 0.832. The van der Waals surface area contributed by atoms with Gasteiger partial charge in [0, 0.05) is 22.0 Å². The molecule has 0 aliphatic heterocycles. The Morgan fingerprint density at radius 1 is 1.46 bits per heavy atom. The highest BCUT2D eigenvalue weighted by Gasteiger charge is 2.08. The van der Waals surface area contributed by atoms with Gasteiger partial charge in [0.05, 0.1) is 0 Å². The van der Waals surface area contributed by atoms with Crippen molar-refractivity contribution in [2.24, 2.45) is 5.73 Å². The summed E-state index contributed by atoms with van der Waals surface area (Å²) in [6.45, 7) is 2.46. The summed E-state index contributed by atoms with van der Waals surface area (Å²) in [5.41, 5.74) is 7.63. The highest BCUT2D eigenvalue weighted by atomic mass is 79.9. The highest BCUT2D eigenvalue weighted by molar-refractivity contribution is 9.10. The Bertz CT molecular complexity index is 447. The van der Waals surface area contributed by atoms with E-state index in [0.717, 1.165) is 26.8 Å². The molecule has 13 heavy (non-hydrogen) atoms. The van der Waals surface area contributed by atoms with Gasteiger partial charge in [-0.1, -0.05) is 15.9 Å². The number of halogens is 1. The molecular formula is C10H10BrNO. The Hall–Kier alpha value is -0.800. The van der Waals surface area contributed by atoms with Crippen LogP contribution in [0.3, 0.4) is 0 Å². The van der Waals surface area contributed by atoms with Gasteiger partial charge in [-0.3, -0.25) is 0 Å². The van der Waals surface area contributed by atoms with Crippen LogP contribution in [0.15, 0.2) is 27.1 Å². The van der Waals surface area contributed by atoms with Crippen LogP contribution in [0.1, 0.15) is 11.3 Å². The average molecular weight is 240 g/mol. The summed E-state index contributed by atoms with van der Waals surface area (Å²) >= 11 is 3.42. The van der Waals surface area contributed by atoms with Crippen molar-refractivity contribution in [2.45, 2.75) is 13.5 Å². The normalized spacial score (nSPS) is 11.0. The molecule has 68 valence electrons. The zero-order chi connectivity index (χ0) is 9.42. The minimum absolute atomic E-state index is 0.523. The number of fused-ring (bicyclic) bond motifs is 1. The largest absolute Gasteiger partial charge is 0.461 e. The van der Waals surface area contributed by atoms with E-state index in [1.165, 1.54) is 0 Å². The minimum Gasteiger partial charge on any atom is -0.461 e. The number of hydrogen-bond acceptors (Lipinski definition) is 2. The maximum absolute atomic E-state index is 5.64. The third kappa shape index (κ3) is 1.38. The van der Waals surface area contributed by atoms with Gasteiger partial charge in [0.2, 0.25) is 0 Å². The summed E-state index contributed by atoms with van der Waals surface area (Å²) in [5, 5.41) is 1.11. The van der Waals surface area contributed by atoms with Crippen molar-refractivity contribution >= 4 is 26.9 Å². The summed E-state index contributed by atoms with van der Waals surface area (Å²) < 4.78 is 6.60. The van der Waals surface area contributed by atoms with Gasteiger partial charge in [-0.15, -0.1) is 0 Å². The molecule has 0 radical (unpaired) electrons. The lowest BCUT2D eigenvalue weighted by molar-refractivity contribution is 0.572. The first-order valence-corrected chi connectivity index (χ1v) is 4.89. The molecule has 0 saturated carbocycles. The van der Waals surface area contributed by atoms with Crippen LogP contribution in [0.25, 0.3) is 11.0 Å². The molecule has 1 aromatic carbocycles. The summed E-state index contributed by atoms with van der Waals surface area (Å²) in [7, 11) is 0. The third-order valence-electron chi connectivity index (χ3n) is 2.16. The SMILES string of the molecule is Cc1oc2ccc(Br)cc2c1CN. The maximum Gasteiger partial charge on any atom is 0.134 e. The number of nitrogens with two attached hydrogens (primary N) is 1. The molecule has 0 fully saturated rings. The molecule has 2 N–H and O–H groups in total. The van der Waals surface area contributed by atoms with Crippen molar-refractivity contribution in [1.29, 1.82) is 0 Å². The Labute approximate surface area is 84.8 Å². The van der Waals surface area contributed by atoms with Crippen molar-refractivity contribution in [3.63, 3.8) is 0 Å². The van der Waals surface area contributed by atoms with Gasteiger partial charge in [-0.25, -0.2) is 0 Å². The molecule has 1 heterocycles. The fourth-order valence-electron chi connectivity index (χ4n) is 1.50. The van der Waals surface area contributed by atoms with E-state index in [1.807, 2.05) is 25.1 Å². The van der Waals surface area contributed by atoms with E-state index in [1.54, 1.807) is 0 Å². The van der Waals surface area contributed by atoms with Crippen molar-refractivity contribution < 1.29 is 4.42 Å². The van der Waals surface area contributed by atoms with E-state index in [0.29, 0.717) is 6.54 Å². The molecule has 0 atom stereocenters.